The highest BCUT2D eigenvalue weighted by molar-refractivity contribution is 7.17. The lowest BCUT2D eigenvalue weighted by molar-refractivity contribution is -0.288. The van der Waals surface area contributed by atoms with Crippen molar-refractivity contribution in [2.45, 2.75) is 19.0 Å². The molecule has 17 heavy (non-hydrogen) atoms. The Morgan fingerprint density at radius 3 is 2.35 bits per heavy atom. The van der Waals surface area contributed by atoms with Crippen LogP contribution in [0.1, 0.15) is 11.1 Å². The van der Waals surface area contributed by atoms with E-state index in [1.807, 2.05) is 0 Å². The molecule has 91 valence electrons. The summed E-state index contributed by atoms with van der Waals surface area (Å²) in [6.45, 7) is 1.62. The van der Waals surface area contributed by atoms with Crippen LogP contribution in [-0.2, 0) is 5.92 Å². The van der Waals surface area contributed by atoms with Crippen LogP contribution in [0.4, 0.5) is 22.0 Å². The zero-order valence-electron chi connectivity index (χ0n) is 8.53. The molecule has 0 N–H and O–H groups in total. The lowest BCUT2D eigenvalue weighted by Crippen LogP contribution is -2.33. The molecule has 1 heterocycles. The van der Waals surface area contributed by atoms with E-state index in [9.17, 15) is 22.0 Å². The Morgan fingerprint density at radius 2 is 1.76 bits per heavy atom. The van der Waals surface area contributed by atoms with Crippen LogP contribution < -0.4 is 0 Å². The van der Waals surface area contributed by atoms with E-state index < -0.39 is 17.7 Å². The molecule has 2 rings (SSSR count). The fourth-order valence-corrected chi connectivity index (χ4v) is 2.53. The standard InChI is InChI=1S/C11H6F5S/c1-6-5-17-9-7(6)3-2-4-8(9)10(12,13)11(14,15)16/h2-4H,1H3. The highest BCUT2D eigenvalue weighted by Crippen LogP contribution is 2.47. The molecule has 0 bridgehead atoms. The van der Waals surface area contributed by atoms with Crippen LogP contribution >= 0.6 is 11.3 Å². The lowest BCUT2D eigenvalue weighted by Gasteiger charge is -2.20. The molecule has 0 aliphatic carbocycles. The number of hydrogen-bond acceptors (Lipinski definition) is 1. The first kappa shape index (κ1) is 12.3. The number of halogens is 5. The van der Waals surface area contributed by atoms with Gasteiger partial charge in [0.1, 0.15) is 0 Å². The molecule has 0 fully saturated rings. The summed E-state index contributed by atoms with van der Waals surface area (Å²) in [5.41, 5.74) is -0.429. The number of benzene rings is 1. The number of thiophene rings is 1. The van der Waals surface area contributed by atoms with E-state index in [2.05, 4.69) is 5.38 Å². The van der Waals surface area contributed by atoms with Gasteiger partial charge in [-0.15, -0.1) is 11.3 Å². The molecule has 1 radical (unpaired) electrons. The minimum absolute atomic E-state index is 0.0627. The summed E-state index contributed by atoms with van der Waals surface area (Å²) < 4.78 is 63.4. The van der Waals surface area contributed by atoms with Crippen LogP contribution in [0.15, 0.2) is 18.2 Å². The minimum atomic E-state index is -5.58. The Hall–Kier alpha value is -1.17. The molecule has 0 spiro atoms. The number of hydrogen-bond donors (Lipinski definition) is 0. The molecule has 0 amide bonds. The molecule has 0 saturated carbocycles. The summed E-state index contributed by atoms with van der Waals surface area (Å²) in [6, 6.07) is 3.51. The summed E-state index contributed by atoms with van der Waals surface area (Å²) in [7, 11) is 0. The fraction of sp³-hybridized carbons (Fsp3) is 0.273. The molecule has 6 heteroatoms. The van der Waals surface area contributed by atoms with Crippen LogP contribution in [0, 0.1) is 12.3 Å². The first-order chi connectivity index (χ1) is 7.75. The fourth-order valence-electron chi connectivity index (χ4n) is 1.52. The van der Waals surface area contributed by atoms with Crippen molar-refractivity contribution in [1.29, 1.82) is 0 Å². The average Bonchev–Trinajstić information content (AvgIpc) is 2.59. The van der Waals surface area contributed by atoms with E-state index in [-0.39, 0.29) is 4.70 Å². The summed E-state index contributed by atoms with van der Waals surface area (Å²) >= 11 is 0.779. The van der Waals surface area contributed by atoms with Gasteiger partial charge in [0.2, 0.25) is 0 Å². The van der Waals surface area contributed by atoms with Gasteiger partial charge < -0.3 is 0 Å². The normalized spacial score (nSPS) is 13.3. The van der Waals surface area contributed by atoms with Gasteiger partial charge in [-0.05, 0) is 17.9 Å². The SMILES string of the molecule is Cc1[c]sc2c(C(F)(F)C(F)(F)F)cccc12. The maximum Gasteiger partial charge on any atom is 0.458 e. The summed E-state index contributed by atoms with van der Waals surface area (Å²) in [5.74, 6) is -4.84. The summed E-state index contributed by atoms with van der Waals surface area (Å²) in [4.78, 5) is 0. The first-order valence-electron chi connectivity index (χ1n) is 4.60. The lowest BCUT2D eigenvalue weighted by atomic mass is 10.0. The number of alkyl halides is 5. The molecule has 0 atom stereocenters. The molecular formula is C11H6F5S. The van der Waals surface area contributed by atoms with E-state index in [4.69, 9.17) is 0 Å². The summed E-state index contributed by atoms with van der Waals surface area (Å²) in [5, 5.41) is 3.07. The predicted octanol–water partition coefficient (Wildman–Crippen LogP) is 4.66. The Morgan fingerprint density at radius 1 is 1.12 bits per heavy atom. The molecule has 0 unspecified atom stereocenters. The van der Waals surface area contributed by atoms with Crippen LogP contribution in [0.3, 0.4) is 0 Å². The monoisotopic (exact) mass is 265 g/mol. The molecule has 2 aromatic rings. The Balaban J connectivity index is 2.72. The molecular weight excluding hydrogens is 259 g/mol. The van der Waals surface area contributed by atoms with Crippen molar-refractivity contribution in [3.63, 3.8) is 0 Å². The zero-order chi connectivity index (χ0) is 12.8. The number of rotatable bonds is 1. The zero-order valence-corrected chi connectivity index (χ0v) is 9.35. The van der Waals surface area contributed by atoms with Gasteiger partial charge in [0, 0.05) is 15.6 Å². The van der Waals surface area contributed by atoms with Crippen molar-refractivity contribution in [2.24, 2.45) is 0 Å². The van der Waals surface area contributed by atoms with E-state index in [0.717, 1.165) is 17.4 Å². The first-order valence-corrected chi connectivity index (χ1v) is 5.41. The van der Waals surface area contributed by atoms with Gasteiger partial charge in [-0.1, -0.05) is 18.2 Å². The highest BCUT2D eigenvalue weighted by Gasteiger charge is 2.59. The van der Waals surface area contributed by atoms with E-state index in [0.29, 0.717) is 10.9 Å². The van der Waals surface area contributed by atoms with Crippen LogP contribution in [-0.4, -0.2) is 6.18 Å². The molecule has 0 saturated heterocycles. The predicted molar refractivity (Wildman–Crippen MR) is 55.3 cm³/mol. The molecule has 1 aromatic carbocycles. The van der Waals surface area contributed by atoms with Gasteiger partial charge >= 0.3 is 12.1 Å². The second-order valence-electron chi connectivity index (χ2n) is 3.58. The largest absolute Gasteiger partial charge is 0.458 e. The second kappa shape index (κ2) is 3.66. The van der Waals surface area contributed by atoms with E-state index >= 15 is 0 Å². The van der Waals surface area contributed by atoms with Gasteiger partial charge in [-0.3, -0.25) is 0 Å². The third-order valence-electron chi connectivity index (χ3n) is 2.42. The third-order valence-corrected chi connectivity index (χ3v) is 3.47. The average molecular weight is 265 g/mol. The van der Waals surface area contributed by atoms with Gasteiger partial charge in [0.15, 0.2) is 0 Å². The number of fused-ring (bicyclic) bond motifs is 1. The molecule has 0 nitrogen and oxygen atoms in total. The van der Waals surface area contributed by atoms with Crippen molar-refractivity contribution in [1.82, 2.24) is 0 Å². The van der Waals surface area contributed by atoms with Gasteiger partial charge in [0.25, 0.3) is 0 Å². The van der Waals surface area contributed by atoms with Crippen LogP contribution in [0.25, 0.3) is 10.1 Å². The van der Waals surface area contributed by atoms with Crippen LogP contribution in [0.5, 0.6) is 0 Å². The smallest absolute Gasteiger partial charge is 0.191 e. The van der Waals surface area contributed by atoms with Crippen molar-refractivity contribution in [2.75, 3.05) is 0 Å². The van der Waals surface area contributed by atoms with Gasteiger partial charge in [0.05, 0.1) is 0 Å². The Labute approximate surface area is 97.7 Å². The van der Waals surface area contributed by atoms with Crippen LogP contribution in [0.2, 0.25) is 0 Å². The van der Waals surface area contributed by atoms with Gasteiger partial charge in [-0.25, -0.2) is 0 Å². The second-order valence-corrected chi connectivity index (χ2v) is 4.40. The third kappa shape index (κ3) is 1.80. The Kier molecular flexibility index (Phi) is 2.65. The van der Waals surface area contributed by atoms with E-state index in [1.165, 1.54) is 12.1 Å². The van der Waals surface area contributed by atoms with Crippen molar-refractivity contribution in [3.8, 4) is 0 Å². The minimum Gasteiger partial charge on any atom is -0.191 e. The van der Waals surface area contributed by atoms with Crippen molar-refractivity contribution < 1.29 is 22.0 Å². The van der Waals surface area contributed by atoms with Crippen molar-refractivity contribution >= 4 is 21.4 Å². The van der Waals surface area contributed by atoms with E-state index in [1.54, 1.807) is 6.92 Å². The number of aryl methyl sites for hydroxylation is 1. The van der Waals surface area contributed by atoms with Crippen molar-refractivity contribution in [3.05, 3.63) is 34.7 Å². The maximum atomic E-state index is 13.3. The quantitative estimate of drug-likeness (QED) is 0.657. The molecule has 0 aliphatic heterocycles. The van der Waals surface area contributed by atoms with Gasteiger partial charge in [-0.2, -0.15) is 22.0 Å². The summed E-state index contributed by atoms with van der Waals surface area (Å²) in [6.07, 6.45) is -5.58. The molecule has 0 aliphatic rings. The Bertz CT molecular complexity index is 552. The maximum absolute atomic E-state index is 13.3. The molecule has 1 aromatic heterocycles. The topological polar surface area (TPSA) is 0 Å². The highest BCUT2D eigenvalue weighted by atomic mass is 32.1.